The number of amides is 2. The van der Waals surface area contributed by atoms with Crippen LogP contribution < -0.4 is 20.2 Å². The van der Waals surface area contributed by atoms with E-state index in [-0.39, 0.29) is 24.0 Å². The first-order valence-electron chi connectivity index (χ1n) is 10.7. The number of rotatable bonds is 9. The van der Waals surface area contributed by atoms with Gasteiger partial charge in [0.1, 0.15) is 0 Å². The van der Waals surface area contributed by atoms with E-state index < -0.39 is 29.1 Å². The van der Waals surface area contributed by atoms with Crippen molar-refractivity contribution in [3.8, 4) is 11.5 Å². The van der Waals surface area contributed by atoms with Crippen LogP contribution in [0.5, 0.6) is 11.5 Å². The van der Waals surface area contributed by atoms with Gasteiger partial charge in [0.2, 0.25) is 0 Å². The van der Waals surface area contributed by atoms with Gasteiger partial charge >= 0.3 is 6.18 Å². The molecule has 3 aromatic rings. The van der Waals surface area contributed by atoms with Crippen molar-refractivity contribution in [3.05, 3.63) is 87.4 Å². The van der Waals surface area contributed by atoms with Crippen LogP contribution in [0, 0.1) is 0 Å². The van der Waals surface area contributed by atoms with E-state index >= 15 is 0 Å². The van der Waals surface area contributed by atoms with Gasteiger partial charge in [0.25, 0.3) is 11.8 Å². The molecule has 0 atom stereocenters. The predicted octanol–water partition coefficient (Wildman–Crippen LogP) is 6.19. The van der Waals surface area contributed by atoms with Crippen molar-refractivity contribution in [1.29, 1.82) is 0 Å². The van der Waals surface area contributed by atoms with Gasteiger partial charge < -0.3 is 14.8 Å². The molecule has 0 saturated heterocycles. The van der Waals surface area contributed by atoms with Gasteiger partial charge in [0.15, 0.2) is 18.1 Å². The minimum absolute atomic E-state index is 0.270. The van der Waals surface area contributed by atoms with Crippen LogP contribution in [-0.4, -0.2) is 31.2 Å². The first-order valence-corrected chi connectivity index (χ1v) is 11.5. The zero-order chi connectivity index (χ0) is 27.0. The van der Waals surface area contributed by atoms with Crippen molar-refractivity contribution >= 4 is 46.9 Å². The molecule has 0 unspecified atom stereocenters. The van der Waals surface area contributed by atoms with E-state index in [0.717, 1.165) is 12.1 Å². The van der Waals surface area contributed by atoms with Crippen molar-refractivity contribution in [1.82, 2.24) is 5.43 Å². The Morgan fingerprint density at radius 1 is 0.973 bits per heavy atom. The lowest BCUT2D eigenvalue weighted by Gasteiger charge is -2.13. The van der Waals surface area contributed by atoms with Gasteiger partial charge in [-0.3, -0.25) is 9.59 Å². The Labute approximate surface area is 220 Å². The number of hydrazone groups is 1. The monoisotopic (exact) mass is 553 g/mol. The van der Waals surface area contributed by atoms with Gasteiger partial charge in [-0.1, -0.05) is 35.3 Å². The maximum absolute atomic E-state index is 13.1. The molecule has 3 rings (SSSR count). The van der Waals surface area contributed by atoms with E-state index in [2.05, 4.69) is 15.8 Å². The number of alkyl halides is 3. The van der Waals surface area contributed by atoms with E-state index in [4.69, 9.17) is 32.7 Å². The summed E-state index contributed by atoms with van der Waals surface area (Å²) in [6, 6.07) is 13.7. The third kappa shape index (κ3) is 7.86. The molecule has 0 aliphatic rings. The molecule has 37 heavy (non-hydrogen) atoms. The summed E-state index contributed by atoms with van der Waals surface area (Å²) in [6.45, 7) is 1.71. The Morgan fingerprint density at radius 3 is 2.43 bits per heavy atom. The molecule has 2 amide bonds. The van der Waals surface area contributed by atoms with E-state index in [1.807, 2.05) is 0 Å². The highest BCUT2D eigenvalue weighted by Gasteiger charge is 2.34. The minimum Gasteiger partial charge on any atom is -0.490 e. The largest absolute Gasteiger partial charge is 0.490 e. The number of nitrogens with one attached hydrogen (secondary N) is 2. The van der Waals surface area contributed by atoms with Gasteiger partial charge in [0, 0.05) is 5.69 Å². The molecule has 0 spiro atoms. The fourth-order valence-electron chi connectivity index (χ4n) is 3.06. The number of hydrogen-bond donors (Lipinski definition) is 2. The highest BCUT2D eigenvalue weighted by Crippen LogP contribution is 2.32. The average molecular weight is 554 g/mol. The number of hydrogen-bond acceptors (Lipinski definition) is 5. The number of anilines is 1. The second kappa shape index (κ2) is 12.5. The normalized spacial score (nSPS) is 11.3. The quantitative estimate of drug-likeness (QED) is 0.244. The van der Waals surface area contributed by atoms with Gasteiger partial charge in [0.05, 0.1) is 34.0 Å². The molecule has 0 aliphatic carbocycles. The number of ether oxygens (including phenoxy) is 2. The minimum atomic E-state index is -4.68. The molecule has 2 N–H and O–H groups in total. The van der Waals surface area contributed by atoms with E-state index in [1.165, 1.54) is 36.5 Å². The highest BCUT2D eigenvalue weighted by molar-refractivity contribution is 6.42. The smallest absolute Gasteiger partial charge is 0.417 e. The number of nitrogens with zero attached hydrogens (tertiary/aromatic N) is 1. The lowest BCUT2D eigenvalue weighted by atomic mass is 10.1. The van der Waals surface area contributed by atoms with Crippen LogP contribution in [0.15, 0.2) is 65.8 Å². The predicted molar refractivity (Wildman–Crippen MR) is 135 cm³/mol. The molecule has 0 fully saturated rings. The van der Waals surface area contributed by atoms with Gasteiger partial charge in [-0.2, -0.15) is 18.3 Å². The molecule has 0 aliphatic heterocycles. The Balaban J connectivity index is 1.64. The molecule has 194 valence electrons. The fraction of sp³-hybridized carbons (Fsp3) is 0.160. The van der Waals surface area contributed by atoms with Gasteiger partial charge in [-0.25, -0.2) is 5.43 Å². The second-order valence-electron chi connectivity index (χ2n) is 7.35. The SMILES string of the molecule is CCOc1cc(/C=N/NC(=O)c2ccccc2C(F)(F)F)ccc1OCC(=O)Nc1ccc(Cl)c(Cl)c1. The summed E-state index contributed by atoms with van der Waals surface area (Å²) in [4.78, 5) is 24.5. The summed E-state index contributed by atoms with van der Waals surface area (Å²) in [6.07, 6.45) is -3.45. The maximum atomic E-state index is 13.1. The van der Waals surface area contributed by atoms with Crippen LogP contribution in [-0.2, 0) is 11.0 Å². The lowest BCUT2D eigenvalue weighted by Crippen LogP contribution is -2.22. The van der Waals surface area contributed by atoms with Crippen molar-refractivity contribution in [3.63, 3.8) is 0 Å². The zero-order valence-corrected chi connectivity index (χ0v) is 20.7. The Bertz CT molecular complexity index is 1320. The number of carbonyl (C=O) groups excluding carboxylic acids is 2. The number of benzene rings is 3. The van der Waals surface area contributed by atoms with Crippen LogP contribution in [0.3, 0.4) is 0 Å². The molecule has 0 heterocycles. The molecular weight excluding hydrogens is 534 g/mol. The Morgan fingerprint density at radius 2 is 1.73 bits per heavy atom. The fourth-order valence-corrected chi connectivity index (χ4v) is 3.36. The summed E-state index contributed by atoms with van der Waals surface area (Å²) in [7, 11) is 0. The van der Waals surface area contributed by atoms with E-state index in [9.17, 15) is 22.8 Å². The highest BCUT2D eigenvalue weighted by atomic mass is 35.5. The van der Waals surface area contributed by atoms with Gasteiger partial charge in [-0.15, -0.1) is 0 Å². The standard InChI is InChI=1S/C25H20Cl2F3N3O4/c1-2-36-22-11-15(13-31-33-24(35)17-5-3-4-6-18(17)25(28,29)30)7-10-21(22)37-14-23(34)32-16-8-9-19(26)20(27)12-16/h3-13H,2,14H2,1H3,(H,32,34)(H,33,35)/b31-13+. The van der Waals surface area contributed by atoms with Crippen LogP contribution >= 0.6 is 23.2 Å². The summed E-state index contributed by atoms with van der Waals surface area (Å²) in [5.74, 6) is -0.899. The molecule has 0 saturated carbocycles. The molecular formula is C25H20Cl2F3N3O4. The molecule has 0 bridgehead atoms. The number of halogens is 5. The third-order valence-corrected chi connectivity index (χ3v) is 5.43. The summed E-state index contributed by atoms with van der Waals surface area (Å²) < 4.78 is 50.5. The van der Waals surface area contributed by atoms with Crippen LogP contribution in [0.25, 0.3) is 0 Å². The van der Waals surface area contributed by atoms with Crippen molar-refractivity contribution in [2.75, 3.05) is 18.5 Å². The van der Waals surface area contributed by atoms with Crippen LogP contribution in [0.1, 0.15) is 28.4 Å². The average Bonchev–Trinajstić information content (AvgIpc) is 2.85. The van der Waals surface area contributed by atoms with Crippen molar-refractivity contribution < 1.29 is 32.2 Å². The van der Waals surface area contributed by atoms with Crippen LogP contribution in [0.4, 0.5) is 18.9 Å². The van der Waals surface area contributed by atoms with Gasteiger partial charge in [-0.05, 0) is 61.0 Å². The molecule has 12 heteroatoms. The molecule has 7 nitrogen and oxygen atoms in total. The summed E-state index contributed by atoms with van der Waals surface area (Å²) in [5.41, 5.74) is 1.37. The topological polar surface area (TPSA) is 89.0 Å². The summed E-state index contributed by atoms with van der Waals surface area (Å²) in [5, 5.41) is 7.00. The van der Waals surface area contributed by atoms with Crippen molar-refractivity contribution in [2.45, 2.75) is 13.1 Å². The molecule has 0 aromatic heterocycles. The Hall–Kier alpha value is -3.76. The van der Waals surface area contributed by atoms with Crippen LogP contribution in [0.2, 0.25) is 10.0 Å². The first-order chi connectivity index (χ1) is 17.6. The lowest BCUT2D eigenvalue weighted by molar-refractivity contribution is -0.138. The third-order valence-electron chi connectivity index (χ3n) is 4.69. The second-order valence-corrected chi connectivity index (χ2v) is 8.16. The van der Waals surface area contributed by atoms with E-state index in [0.29, 0.717) is 22.0 Å². The van der Waals surface area contributed by atoms with E-state index in [1.54, 1.807) is 25.1 Å². The Kier molecular flexibility index (Phi) is 9.37. The molecule has 3 aromatic carbocycles. The molecule has 0 radical (unpaired) electrons. The maximum Gasteiger partial charge on any atom is 0.417 e. The number of carbonyl (C=O) groups is 2. The summed E-state index contributed by atoms with van der Waals surface area (Å²) >= 11 is 11.8. The zero-order valence-electron chi connectivity index (χ0n) is 19.2. The first kappa shape index (κ1) is 27.8. The van der Waals surface area contributed by atoms with Crippen molar-refractivity contribution in [2.24, 2.45) is 5.10 Å².